The maximum absolute atomic E-state index is 10.6. The molecule has 1 heterocycles. The number of piperidine rings is 1. The molecule has 1 aliphatic heterocycles. The molecule has 1 N–H and O–H groups in total. The highest BCUT2D eigenvalue weighted by Crippen LogP contribution is 2.17. The van der Waals surface area contributed by atoms with E-state index in [-0.39, 0.29) is 0 Å². The van der Waals surface area contributed by atoms with Gasteiger partial charge in [0.1, 0.15) is 0 Å². The van der Waals surface area contributed by atoms with E-state index < -0.39 is 5.97 Å². The molecule has 4 heteroatoms. The number of aliphatic carboxylic acids is 1. The highest BCUT2D eigenvalue weighted by atomic mass is 16.4. The summed E-state index contributed by atoms with van der Waals surface area (Å²) >= 11 is 0. The monoisotopic (exact) mass is 288 g/mol. The Morgan fingerprint density at radius 1 is 1.48 bits per heavy atom. The zero-order valence-electron chi connectivity index (χ0n) is 12.8. The van der Waals surface area contributed by atoms with Crippen molar-refractivity contribution in [3.63, 3.8) is 0 Å². The van der Waals surface area contributed by atoms with Gasteiger partial charge in [-0.3, -0.25) is 4.90 Å². The lowest BCUT2D eigenvalue weighted by Gasteiger charge is -2.36. The van der Waals surface area contributed by atoms with Crippen molar-refractivity contribution in [3.05, 3.63) is 41.5 Å². The maximum Gasteiger partial charge on any atom is 0.328 e. The first-order valence-electron chi connectivity index (χ1n) is 7.43. The summed E-state index contributed by atoms with van der Waals surface area (Å²) < 4.78 is 0. The van der Waals surface area contributed by atoms with Gasteiger partial charge in [0.2, 0.25) is 0 Å². The number of rotatable bonds is 5. The Bertz CT molecular complexity index is 511. The molecule has 0 spiro atoms. The predicted molar refractivity (Wildman–Crippen MR) is 85.1 cm³/mol. The second-order valence-electron chi connectivity index (χ2n) is 5.91. The lowest BCUT2D eigenvalue weighted by atomic mass is 10.0. The van der Waals surface area contributed by atoms with Crippen molar-refractivity contribution in [3.8, 4) is 0 Å². The molecular formula is C17H24N2O2. The van der Waals surface area contributed by atoms with Crippen LogP contribution in [-0.2, 0) is 11.3 Å². The Kier molecular flexibility index (Phi) is 5.53. The number of carbonyl (C=O) groups is 1. The van der Waals surface area contributed by atoms with Crippen molar-refractivity contribution in [2.24, 2.45) is 0 Å². The van der Waals surface area contributed by atoms with Gasteiger partial charge in [-0.25, -0.2) is 4.79 Å². The van der Waals surface area contributed by atoms with Crippen molar-refractivity contribution in [2.45, 2.75) is 25.4 Å². The number of hydrogen-bond acceptors (Lipinski definition) is 3. The summed E-state index contributed by atoms with van der Waals surface area (Å²) in [6.45, 7) is 3.17. The molecule has 1 aliphatic rings. The SMILES string of the molecule is CN(C)C1CCCN(Cc2cccc(C=CC(=O)O)c2)C1. The van der Waals surface area contributed by atoms with Gasteiger partial charge in [-0.05, 0) is 50.7 Å². The van der Waals surface area contributed by atoms with E-state index in [1.165, 1.54) is 24.5 Å². The first-order valence-corrected chi connectivity index (χ1v) is 7.43. The molecule has 114 valence electrons. The first kappa shape index (κ1) is 15.7. The van der Waals surface area contributed by atoms with E-state index in [4.69, 9.17) is 5.11 Å². The summed E-state index contributed by atoms with van der Waals surface area (Å²) in [5.41, 5.74) is 2.18. The predicted octanol–water partition coefficient (Wildman–Crippen LogP) is 2.31. The van der Waals surface area contributed by atoms with Gasteiger partial charge in [0.15, 0.2) is 0 Å². The van der Waals surface area contributed by atoms with E-state index in [1.54, 1.807) is 6.08 Å². The number of likely N-dealkylation sites (tertiary alicyclic amines) is 1. The second kappa shape index (κ2) is 7.38. The number of benzene rings is 1. The van der Waals surface area contributed by atoms with Crippen LogP contribution >= 0.6 is 0 Å². The van der Waals surface area contributed by atoms with Crippen molar-refractivity contribution in [1.82, 2.24) is 9.80 Å². The fourth-order valence-electron chi connectivity index (χ4n) is 2.82. The van der Waals surface area contributed by atoms with E-state index in [2.05, 4.69) is 36.0 Å². The lowest BCUT2D eigenvalue weighted by molar-refractivity contribution is -0.131. The Morgan fingerprint density at radius 2 is 2.29 bits per heavy atom. The summed E-state index contributed by atoms with van der Waals surface area (Å²) in [5.74, 6) is -0.912. The molecular weight excluding hydrogens is 264 g/mol. The summed E-state index contributed by atoms with van der Waals surface area (Å²) in [7, 11) is 4.29. The number of likely N-dealkylation sites (N-methyl/N-ethyl adjacent to an activating group) is 1. The van der Waals surface area contributed by atoms with Crippen LogP contribution in [0.5, 0.6) is 0 Å². The van der Waals surface area contributed by atoms with Gasteiger partial charge in [-0.2, -0.15) is 0 Å². The highest BCUT2D eigenvalue weighted by molar-refractivity contribution is 5.85. The Labute approximate surface area is 126 Å². The van der Waals surface area contributed by atoms with E-state index >= 15 is 0 Å². The van der Waals surface area contributed by atoms with Gasteiger partial charge in [0.25, 0.3) is 0 Å². The first-order chi connectivity index (χ1) is 10.0. The minimum Gasteiger partial charge on any atom is -0.478 e. The molecule has 0 radical (unpaired) electrons. The quantitative estimate of drug-likeness (QED) is 0.845. The van der Waals surface area contributed by atoms with Crippen LogP contribution in [-0.4, -0.2) is 54.1 Å². The summed E-state index contributed by atoms with van der Waals surface area (Å²) in [6.07, 6.45) is 5.33. The standard InChI is InChI=1S/C17H24N2O2/c1-18(2)16-7-4-10-19(13-16)12-15-6-3-5-14(11-15)8-9-17(20)21/h3,5-6,8-9,11,16H,4,7,10,12-13H2,1-2H3,(H,20,21). The smallest absolute Gasteiger partial charge is 0.328 e. The Balaban J connectivity index is 1.99. The van der Waals surface area contributed by atoms with Crippen molar-refractivity contribution in [1.29, 1.82) is 0 Å². The van der Waals surface area contributed by atoms with Crippen LogP contribution in [0.2, 0.25) is 0 Å². The van der Waals surface area contributed by atoms with Crippen LogP contribution in [0.3, 0.4) is 0 Å². The van der Waals surface area contributed by atoms with Gasteiger partial charge in [-0.1, -0.05) is 24.3 Å². The van der Waals surface area contributed by atoms with Crippen LogP contribution in [0.4, 0.5) is 0 Å². The normalized spacial score (nSPS) is 20.2. The molecule has 1 aromatic rings. The molecule has 0 bridgehead atoms. The van der Waals surface area contributed by atoms with Crippen LogP contribution in [0.25, 0.3) is 6.08 Å². The van der Waals surface area contributed by atoms with Crippen molar-refractivity contribution >= 4 is 12.0 Å². The molecule has 1 fully saturated rings. The van der Waals surface area contributed by atoms with Crippen LogP contribution in [0.15, 0.2) is 30.3 Å². The number of carboxylic acid groups (broad SMARTS) is 1. The van der Waals surface area contributed by atoms with E-state index in [1.807, 2.05) is 12.1 Å². The topological polar surface area (TPSA) is 43.8 Å². The third-order valence-electron chi connectivity index (χ3n) is 3.99. The molecule has 0 saturated carbocycles. The van der Waals surface area contributed by atoms with E-state index in [9.17, 15) is 4.79 Å². The molecule has 2 rings (SSSR count). The van der Waals surface area contributed by atoms with Gasteiger partial charge in [-0.15, -0.1) is 0 Å². The van der Waals surface area contributed by atoms with Crippen LogP contribution in [0.1, 0.15) is 24.0 Å². The summed E-state index contributed by atoms with van der Waals surface area (Å²) in [6, 6.07) is 8.73. The van der Waals surface area contributed by atoms with Crippen LogP contribution in [0, 0.1) is 0 Å². The van der Waals surface area contributed by atoms with E-state index in [0.29, 0.717) is 6.04 Å². The average molecular weight is 288 g/mol. The number of nitrogens with zero attached hydrogens (tertiary/aromatic N) is 2. The molecule has 0 aromatic heterocycles. The van der Waals surface area contributed by atoms with Gasteiger partial charge in [0, 0.05) is 25.2 Å². The molecule has 1 atom stereocenters. The highest BCUT2D eigenvalue weighted by Gasteiger charge is 2.21. The van der Waals surface area contributed by atoms with Gasteiger partial charge < -0.3 is 10.0 Å². The molecule has 4 nitrogen and oxygen atoms in total. The molecule has 1 unspecified atom stereocenters. The van der Waals surface area contributed by atoms with Gasteiger partial charge in [0.05, 0.1) is 0 Å². The lowest BCUT2D eigenvalue weighted by Crippen LogP contribution is -2.44. The van der Waals surface area contributed by atoms with E-state index in [0.717, 1.165) is 25.2 Å². The third-order valence-corrected chi connectivity index (χ3v) is 3.99. The number of hydrogen-bond donors (Lipinski definition) is 1. The maximum atomic E-state index is 10.6. The zero-order chi connectivity index (χ0) is 15.2. The minimum atomic E-state index is -0.912. The molecule has 1 aromatic carbocycles. The molecule has 0 aliphatic carbocycles. The Hall–Kier alpha value is -1.65. The molecule has 0 amide bonds. The van der Waals surface area contributed by atoms with Crippen molar-refractivity contribution < 1.29 is 9.90 Å². The van der Waals surface area contributed by atoms with Gasteiger partial charge >= 0.3 is 5.97 Å². The summed E-state index contributed by atoms with van der Waals surface area (Å²) in [4.78, 5) is 15.4. The fourth-order valence-corrected chi connectivity index (χ4v) is 2.82. The summed E-state index contributed by atoms with van der Waals surface area (Å²) in [5, 5.41) is 8.69. The Morgan fingerprint density at radius 3 is 3.00 bits per heavy atom. The van der Waals surface area contributed by atoms with Crippen LogP contribution < -0.4 is 0 Å². The second-order valence-corrected chi connectivity index (χ2v) is 5.91. The van der Waals surface area contributed by atoms with Crippen molar-refractivity contribution in [2.75, 3.05) is 27.2 Å². The minimum absolute atomic E-state index is 0.633. The zero-order valence-corrected chi connectivity index (χ0v) is 12.8. The average Bonchev–Trinajstić information content (AvgIpc) is 2.46. The molecule has 21 heavy (non-hydrogen) atoms. The molecule has 1 saturated heterocycles. The fraction of sp³-hybridized carbons (Fsp3) is 0.471. The largest absolute Gasteiger partial charge is 0.478 e. The third kappa shape index (κ3) is 4.99. The number of carboxylic acids is 1.